The first-order valence-corrected chi connectivity index (χ1v) is 12.5. The molecule has 0 atom stereocenters. The molecule has 8 nitrogen and oxygen atoms in total. The monoisotopic (exact) mass is 632 g/mol. The van der Waals surface area contributed by atoms with Crippen molar-refractivity contribution in [2.45, 2.75) is 17.8 Å². The number of alkyl halides is 6. The Morgan fingerprint density at radius 2 is 0.733 bits per heavy atom. The van der Waals surface area contributed by atoms with Crippen LogP contribution in [0.4, 0.5) is 26.3 Å². The molecule has 0 aliphatic carbocycles. The smallest absolute Gasteiger partial charge is 0.411 e. The van der Waals surface area contributed by atoms with Crippen molar-refractivity contribution in [3.8, 4) is 22.3 Å². The highest BCUT2D eigenvalue weighted by Gasteiger charge is 2.72. The molecule has 0 unspecified atom stereocenters. The Morgan fingerprint density at radius 1 is 0.422 bits per heavy atom. The predicted octanol–water partition coefficient (Wildman–Crippen LogP) is 7.22. The van der Waals surface area contributed by atoms with Crippen LogP contribution in [0.3, 0.4) is 0 Å². The maximum Gasteiger partial charge on any atom is 0.411 e. The molecular formula is C31H18F6O8. The Kier molecular flexibility index (Phi) is 8.20. The van der Waals surface area contributed by atoms with Gasteiger partial charge in [0, 0.05) is 0 Å². The van der Waals surface area contributed by atoms with Crippen molar-refractivity contribution >= 4 is 23.9 Å². The van der Waals surface area contributed by atoms with Crippen LogP contribution in [-0.2, 0) is 5.41 Å². The third-order valence-corrected chi connectivity index (χ3v) is 7.07. The van der Waals surface area contributed by atoms with Crippen molar-refractivity contribution in [1.82, 2.24) is 0 Å². The molecular weight excluding hydrogens is 614 g/mol. The minimum absolute atomic E-state index is 0.175. The maximum atomic E-state index is 14.9. The topological polar surface area (TPSA) is 149 Å². The number of halogens is 6. The third-order valence-electron chi connectivity index (χ3n) is 7.07. The summed E-state index contributed by atoms with van der Waals surface area (Å²) in [5, 5.41) is 37.3. The molecule has 0 aliphatic heterocycles. The molecule has 14 heteroatoms. The van der Waals surface area contributed by atoms with Gasteiger partial charge in [0.15, 0.2) is 0 Å². The van der Waals surface area contributed by atoms with Crippen LogP contribution in [0.2, 0.25) is 0 Å². The van der Waals surface area contributed by atoms with Crippen LogP contribution in [0.25, 0.3) is 22.3 Å². The van der Waals surface area contributed by atoms with Crippen LogP contribution in [0.1, 0.15) is 52.6 Å². The number of carbonyl (C=O) groups is 4. The highest BCUT2D eigenvalue weighted by Crippen LogP contribution is 2.57. The van der Waals surface area contributed by atoms with Gasteiger partial charge in [-0.05, 0) is 69.8 Å². The minimum Gasteiger partial charge on any atom is -0.478 e. The Labute approximate surface area is 248 Å². The Balaban J connectivity index is 1.99. The lowest BCUT2D eigenvalue weighted by atomic mass is 9.71. The number of aromatic carboxylic acids is 4. The molecule has 0 aromatic heterocycles. The van der Waals surface area contributed by atoms with Gasteiger partial charge < -0.3 is 20.4 Å². The van der Waals surface area contributed by atoms with Gasteiger partial charge in [-0.2, -0.15) is 26.3 Å². The summed E-state index contributed by atoms with van der Waals surface area (Å²) in [7, 11) is 0. The van der Waals surface area contributed by atoms with Gasteiger partial charge in [-0.25, -0.2) is 19.2 Å². The summed E-state index contributed by atoms with van der Waals surface area (Å²) in [5.74, 6) is -6.61. The van der Waals surface area contributed by atoms with Gasteiger partial charge in [0.25, 0.3) is 0 Å². The SMILES string of the molecule is O=C(O)c1ccc(-c2cccc(C(c3cccc(-c4ccc(C(=O)O)c(C(=O)O)c4)c3)(C(F)(F)F)C(F)(F)F)c2)cc1C(=O)O. The molecule has 4 rings (SSSR count). The zero-order valence-corrected chi connectivity index (χ0v) is 22.3. The lowest BCUT2D eigenvalue weighted by molar-refractivity contribution is -0.288. The number of hydrogen-bond donors (Lipinski definition) is 4. The second-order valence-electron chi connectivity index (χ2n) is 9.65. The highest BCUT2D eigenvalue weighted by atomic mass is 19.4. The third kappa shape index (κ3) is 5.69. The Morgan fingerprint density at radius 3 is 1.02 bits per heavy atom. The average Bonchev–Trinajstić information content (AvgIpc) is 2.95. The fourth-order valence-electron chi connectivity index (χ4n) is 5.02. The van der Waals surface area contributed by atoms with Gasteiger partial charge in [0.05, 0.1) is 22.3 Å². The molecule has 0 heterocycles. The molecule has 0 radical (unpaired) electrons. The number of benzene rings is 4. The fraction of sp³-hybridized carbons (Fsp3) is 0.0968. The van der Waals surface area contributed by atoms with E-state index in [4.69, 9.17) is 0 Å². The van der Waals surface area contributed by atoms with E-state index in [2.05, 4.69) is 0 Å². The molecule has 0 saturated heterocycles. The first-order chi connectivity index (χ1) is 20.9. The quantitative estimate of drug-likeness (QED) is 0.149. The lowest BCUT2D eigenvalue weighted by Crippen LogP contribution is -2.54. The number of carboxylic acid groups (broad SMARTS) is 4. The van der Waals surface area contributed by atoms with Crippen LogP contribution >= 0.6 is 0 Å². The van der Waals surface area contributed by atoms with Crippen molar-refractivity contribution in [2.75, 3.05) is 0 Å². The van der Waals surface area contributed by atoms with Crippen LogP contribution < -0.4 is 0 Å². The van der Waals surface area contributed by atoms with Gasteiger partial charge in [-0.15, -0.1) is 0 Å². The molecule has 0 aliphatic rings. The lowest BCUT2D eigenvalue weighted by Gasteiger charge is -2.38. The van der Waals surface area contributed by atoms with E-state index in [1.807, 2.05) is 0 Å². The summed E-state index contributed by atoms with van der Waals surface area (Å²) in [4.78, 5) is 46.0. The van der Waals surface area contributed by atoms with Crippen molar-refractivity contribution in [1.29, 1.82) is 0 Å². The van der Waals surface area contributed by atoms with Crippen molar-refractivity contribution in [3.63, 3.8) is 0 Å². The maximum absolute atomic E-state index is 14.9. The molecule has 0 amide bonds. The van der Waals surface area contributed by atoms with Crippen LogP contribution in [-0.4, -0.2) is 56.7 Å². The second kappa shape index (κ2) is 11.4. The van der Waals surface area contributed by atoms with Gasteiger partial charge in [-0.1, -0.05) is 48.5 Å². The summed E-state index contributed by atoms with van der Waals surface area (Å²) in [6.07, 6.45) is -12.1. The summed E-state index contributed by atoms with van der Waals surface area (Å²) < 4.78 is 89.6. The molecule has 232 valence electrons. The van der Waals surface area contributed by atoms with Crippen molar-refractivity contribution in [3.05, 3.63) is 118 Å². The van der Waals surface area contributed by atoms with E-state index in [1.54, 1.807) is 0 Å². The number of carboxylic acids is 4. The molecule has 0 bridgehead atoms. The zero-order valence-electron chi connectivity index (χ0n) is 22.3. The first-order valence-electron chi connectivity index (χ1n) is 12.5. The molecule has 0 fully saturated rings. The van der Waals surface area contributed by atoms with Crippen molar-refractivity contribution in [2.24, 2.45) is 0 Å². The summed E-state index contributed by atoms with van der Waals surface area (Å²) in [5.41, 5.74) is -11.0. The van der Waals surface area contributed by atoms with E-state index >= 15 is 0 Å². The second-order valence-corrected chi connectivity index (χ2v) is 9.65. The molecule has 0 saturated carbocycles. The minimum atomic E-state index is -6.03. The standard InChI is InChI=1S/C31H18F6O8/c32-30(33,34)29(31(35,36)37,19-5-1-3-15(11-19)17-7-9-21(25(38)39)23(13-17)27(42)43)20-6-2-4-16(12-20)18-8-10-22(26(40)41)24(14-18)28(44)45/h1-14H,(H,38,39)(H,40,41)(H,42,43)(H,44,45). The largest absolute Gasteiger partial charge is 0.478 e. The molecule has 0 spiro atoms. The van der Waals surface area contributed by atoms with Crippen LogP contribution in [0.5, 0.6) is 0 Å². The van der Waals surface area contributed by atoms with E-state index in [0.717, 1.165) is 60.7 Å². The van der Waals surface area contributed by atoms with E-state index in [0.29, 0.717) is 24.3 Å². The fourth-order valence-corrected chi connectivity index (χ4v) is 5.02. The number of hydrogen-bond acceptors (Lipinski definition) is 4. The summed E-state index contributed by atoms with van der Waals surface area (Å²) >= 11 is 0. The van der Waals surface area contributed by atoms with E-state index in [-0.39, 0.29) is 22.3 Å². The first kappa shape index (κ1) is 32.3. The molecule has 4 aromatic carbocycles. The predicted molar refractivity (Wildman–Crippen MR) is 144 cm³/mol. The summed E-state index contributed by atoms with van der Waals surface area (Å²) in [6.45, 7) is 0. The van der Waals surface area contributed by atoms with Gasteiger partial charge in [0.1, 0.15) is 0 Å². The van der Waals surface area contributed by atoms with Gasteiger partial charge in [-0.3, -0.25) is 0 Å². The van der Waals surface area contributed by atoms with E-state index in [1.165, 1.54) is 0 Å². The molecule has 4 N–H and O–H groups in total. The van der Waals surface area contributed by atoms with Gasteiger partial charge in [0.2, 0.25) is 5.41 Å². The highest BCUT2D eigenvalue weighted by molar-refractivity contribution is 6.03. The molecule has 4 aromatic rings. The Hall–Kier alpha value is -5.66. The van der Waals surface area contributed by atoms with E-state index in [9.17, 15) is 65.9 Å². The van der Waals surface area contributed by atoms with Crippen LogP contribution in [0.15, 0.2) is 84.9 Å². The average molecular weight is 632 g/mol. The van der Waals surface area contributed by atoms with Crippen molar-refractivity contribution < 1.29 is 65.9 Å². The normalized spacial score (nSPS) is 12.0. The Bertz CT molecular complexity index is 1720. The van der Waals surface area contributed by atoms with E-state index < -0.39 is 75.0 Å². The molecule has 45 heavy (non-hydrogen) atoms. The van der Waals surface area contributed by atoms with Gasteiger partial charge >= 0.3 is 36.2 Å². The summed E-state index contributed by atoms with van der Waals surface area (Å²) in [6, 6.07) is 11.8. The zero-order chi connectivity index (χ0) is 33.5. The van der Waals surface area contributed by atoms with Crippen LogP contribution in [0, 0.1) is 0 Å². The number of rotatable bonds is 8.